The van der Waals surface area contributed by atoms with Gasteiger partial charge in [0.1, 0.15) is 0 Å². The third kappa shape index (κ3) is 6.40. The first kappa shape index (κ1) is 27.1. The number of carbonyl (C=O) groups excluding carboxylic acids is 1. The van der Waals surface area contributed by atoms with E-state index in [1.807, 2.05) is 0 Å². The number of rotatable bonds is 9. The van der Waals surface area contributed by atoms with Crippen molar-refractivity contribution in [3.63, 3.8) is 0 Å². The second-order valence-electron chi connectivity index (χ2n) is 7.98. The molecule has 2 atom stereocenters. The van der Waals surface area contributed by atoms with Crippen molar-refractivity contribution in [3.05, 3.63) is 107 Å². The minimum absolute atomic E-state index is 0.137. The monoisotopic (exact) mass is 513 g/mol. The van der Waals surface area contributed by atoms with Crippen molar-refractivity contribution >= 4 is 23.6 Å². The Morgan fingerprint density at radius 1 is 0.784 bits per heavy atom. The Morgan fingerprint density at radius 3 is 1.62 bits per heavy atom. The highest BCUT2D eigenvalue weighted by molar-refractivity contribution is 6.13. The molecule has 0 aliphatic rings. The van der Waals surface area contributed by atoms with Gasteiger partial charge in [0.25, 0.3) is 0 Å². The number of methoxy groups -OCH3 is 1. The third-order valence-electron chi connectivity index (χ3n) is 5.66. The van der Waals surface area contributed by atoms with E-state index in [2.05, 4.69) is 4.99 Å². The van der Waals surface area contributed by atoms with Gasteiger partial charge in [-0.3, -0.25) is 14.6 Å². The minimum atomic E-state index is -4.68. The van der Waals surface area contributed by atoms with E-state index in [1.54, 1.807) is 60.7 Å². The molecule has 0 saturated carbocycles. The number of esters is 1. The zero-order chi connectivity index (χ0) is 27.2. The molecule has 3 aromatic rings. The SMILES string of the molecule is COC(=O)[C@@H](N=C(c1ccccc1)c1ccccc1)[C@@H](c1ccc(C(F)(F)F)cc1)C(C(=O)O)C(=O)O. The van der Waals surface area contributed by atoms with E-state index in [0.29, 0.717) is 23.3 Å². The highest BCUT2D eigenvalue weighted by atomic mass is 19.4. The summed E-state index contributed by atoms with van der Waals surface area (Å²) in [6, 6.07) is 18.7. The highest BCUT2D eigenvalue weighted by Gasteiger charge is 2.45. The Balaban J connectivity index is 2.29. The van der Waals surface area contributed by atoms with Crippen molar-refractivity contribution in [2.75, 3.05) is 7.11 Å². The van der Waals surface area contributed by atoms with Gasteiger partial charge in [0.2, 0.25) is 0 Å². The molecule has 0 aromatic heterocycles. The number of aliphatic carboxylic acids is 2. The van der Waals surface area contributed by atoms with Crippen molar-refractivity contribution in [2.24, 2.45) is 10.9 Å². The van der Waals surface area contributed by atoms with Crippen LogP contribution >= 0.6 is 0 Å². The average Bonchev–Trinajstić information content (AvgIpc) is 2.88. The lowest BCUT2D eigenvalue weighted by molar-refractivity contribution is -0.157. The predicted octanol–water partition coefficient (Wildman–Crippen LogP) is 4.65. The molecular formula is C27H22F3NO6. The van der Waals surface area contributed by atoms with Crippen LogP contribution in [-0.4, -0.2) is 47.0 Å². The normalized spacial score (nSPS) is 12.9. The van der Waals surface area contributed by atoms with Gasteiger partial charge in [0, 0.05) is 17.0 Å². The molecule has 0 aliphatic heterocycles. The third-order valence-corrected chi connectivity index (χ3v) is 5.66. The number of ether oxygens (including phenoxy) is 1. The van der Waals surface area contributed by atoms with Crippen LogP contribution < -0.4 is 0 Å². The predicted molar refractivity (Wildman–Crippen MR) is 127 cm³/mol. The first-order valence-corrected chi connectivity index (χ1v) is 10.9. The number of carboxylic acid groups (broad SMARTS) is 2. The molecule has 10 heteroatoms. The van der Waals surface area contributed by atoms with Crippen LogP contribution in [0.3, 0.4) is 0 Å². The first-order chi connectivity index (χ1) is 17.5. The van der Waals surface area contributed by atoms with Gasteiger partial charge < -0.3 is 14.9 Å². The molecule has 37 heavy (non-hydrogen) atoms. The smallest absolute Gasteiger partial charge is 0.416 e. The second kappa shape index (κ2) is 11.5. The number of nitrogens with zero attached hydrogens (tertiary/aromatic N) is 1. The quantitative estimate of drug-likeness (QED) is 0.245. The Hall–Kier alpha value is -4.47. The van der Waals surface area contributed by atoms with Crippen molar-refractivity contribution < 1.29 is 42.5 Å². The van der Waals surface area contributed by atoms with Crippen LogP contribution in [0, 0.1) is 5.92 Å². The molecule has 0 bridgehead atoms. The summed E-state index contributed by atoms with van der Waals surface area (Å²) >= 11 is 0. The van der Waals surface area contributed by atoms with Crippen LogP contribution in [0.2, 0.25) is 0 Å². The number of carboxylic acids is 2. The fourth-order valence-electron chi connectivity index (χ4n) is 3.91. The zero-order valence-corrected chi connectivity index (χ0v) is 19.4. The molecule has 2 N–H and O–H groups in total. The van der Waals surface area contributed by atoms with Gasteiger partial charge >= 0.3 is 24.1 Å². The lowest BCUT2D eigenvalue weighted by Crippen LogP contribution is -2.40. The van der Waals surface area contributed by atoms with E-state index in [9.17, 15) is 37.8 Å². The first-order valence-electron chi connectivity index (χ1n) is 10.9. The summed E-state index contributed by atoms with van der Waals surface area (Å²) in [6.45, 7) is 0. The Labute approximate surface area is 209 Å². The summed E-state index contributed by atoms with van der Waals surface area (Å²) in [7, 11) is 1.02. The standard InChI is InChI=1S/C27H22F3NO6/c1-37-26(36)23(31-22(17-8-4-2-5-9-17)18-10-6-3-7-11-18)20(21(24(32)33)25(34)35)16-12-14-19(15-13-16)27(28,29)30/h2-15,20-21,23H,1H3,(H,32,33)(H,34,35)/t20-,23-/m0/s1. The maximum Gasteiger partial charge on any atom is 0.416 e. The Morgan fingerprint density at radius 2 is 1.24 bits per heavy atom. The Kier molecular flexibility index (Phi) is 8.44. The average molecular weight is 513 g/mol. The fraction of sp³-hybridized carbons (Fsp3) is 0.185. The molecule has 0 heterocycles. The molecule has 0 aliphatic carbocycles. The highest BCUT2D eigenvalue weighted by Crippen LogP contribution is 2.35. The fourth-order valence-corrected chi connectivity index (χ4v) is 3.91. The zero-order valence-electron chi connectivity index (χ0n) is 19.4. The number of hydrogen-bond donors (Lipinski definition) is 2. The van der Waals surface area contributed by atoms with Gasteiger partial charge in [-0.15, -0.1) is 0 Å². The van der Waals surface area contributed by atoms with Gasteiger partial charge in [-0.05, 0) is 17.7 Å². The number of carbonyl (C=O) groups is 3. The Bertz CT molecular complexity index is 1220. The number of hydrogen-bond acceptors (Lipinski definition) is 5. The summed E-state index contributed by atoms with van der Waals surface area (Å²) < 4.78 is 44.3. The molecule has 0 spiro atoms. The van der Waals surface area contributed by atoms with E-state index in [-0.39, 0.29) is 11.3 Å². The van der Waals surface area contributed by atoms with Gasteiger partial charge in [-0.2, -0.15) is 13.2 Å². The maximum atomic E-state index is 13.1. The van der Waals surface area contributed by atoms with E-state index in [4.69, 9.17) is 4.74 Å². The molecule has 7 nitrogen and oxygen atoms in total. The molecule has 0 saturated heterocycles. The van der Waals surface area contributed by atoms with Crippen LogP contribution in [0.25, 0.3) is 0 Å². The van der Waals surface area contributed by atoms with E-state index >= 15 is 0 Å². The van der Waals surface area contributed by atoms with Gasteiger partial charge in [-0.25, -0.2) is 4.79 Å². The van der Waals surface area contributed by atoms with Crippen LogP contribution in [-0.2, 0) is 25.3 Å². The molecule has 0 radical (unpaired) electrons. The van der Waals surface area contributed by atoms with Crippen molar-refractivity contribution in [2.45, 2.75) is 18.1 Å². The van der Waals surface area contributed by atoms with E-state index in [0.717, 1.165) is 19.2 Å². The molecule has 0 amide bonds. The maximum absolute atomic E-state index is 13.1. The van der Waals surface area contributed by atoms with Crippen LogP contribution in [0.4, 0.5) is 13.2 Å². The summed E-state index contributed by atoms with van der Waals surface area (Å²) in [6.07, 6.45) is -4.68. The van der Waals surface area contributed by atoms with Gasteiger partial charge in [-0.1, -0.05) is 72.8 Å². The van der Waals surface area contributed by atoms with Crippen LogP contribution in [0.15, 0.2) is 89.9 Å². The lowest BCUT2D eigenvalue weighted by Gasteiger charge is -2.27. The van der Waals surface area contributed by atoms with E-state index in [1.165, 1.54) is 0 Å². The number of alkyl halides is 3. The molecule has 3 rings (SSSR count). The van der Waals surface area contributed by atoms with Crippen LogP contribution in [0.5, 0.6) is 0 Å². The summed E-state index contributed by atoms with van der Waals surface area (Å²) in [4.78, 5) is 41.6. The summed E-state index contributed by atoms with van der Waals surface area (Å²) in [5.74, 6) is -8.56. The van der Waals surface area contributed by atoms with Gasteiger partial charge in [0.05, 0.1) is 18.4 Å². The number of benzene rings is 3. The van der Waals surface area contributed by atoms with Crippen LogP contribution in [0.1, 0.15) is 28.2 Å². The summed E-state index contributed by atoms with van der Waals surface area (Å²) in [5.41, 5.74) is 0.155. The molecular weight excluding hydrogens is 491 g/mol. The number of aliphatic imine (C=N–C) groups is 1. The van der Waals surface area contributed by atoms with E-state index < -0.39 is 47.5 Å². The second-order valence-corrected chi connectivity index (χ2v) is 7.98. The number of halogens is 3. The molecule has 0 fully saturated rings. The van der Waals surface area contributed by atoms with Gasteiger partial charge in [0.15, 0.2) is 12.0 Å². The van der Waals surface area contributed by atoms with Crippen molar-refractivity contribution in [3.8, 4) is 0 Å². The molecule has 0 unspecified atom stereocenters. The minimum Gasteiger partial charge on any atom is -0.481 e. The largest absolute Gasteiger partial charge is 0.481 e. The topological polar surface area (TPSA) is 113 Å². The molecule has 192 valence electrons. The van der Waals surface area contributed by atoms with Crippen molar-refractivity contribution in [1.82, 2.24) is 0 Å². The summed E-state index contributed by atoms with van der Waals surface area (Å²) in [5, 5.41) is 19.5. The lowest BCUT2D eigenvalue weighted by atomic mass is 9.80. The van der Waals surface area contributed by atoms with Crippen molar-refractivity contribution in [1.29, 1.82) is 0 Å². The molecule has 3 aromatic carbocycles.